The largest absolute Gasteiger partial charge is 0.299 e. The van der Waals surface area contributed by atoms with Crippen molar-refractivity contribution in [3.8, 4) is 0 Å². The fourth-order valence-electron chi connectivity index (χ4n) is 1.51. The van der Waals surface area contributed by atoms with Crippen LogP contribution in [0.4, 0.5) is 0 Å². The summed E-state index contributed by atoms with van der Waals surface area (Å²) in [6, 6.07) is 7.75. The number of para-hydroxylation sites is 1. The topological polar surface area (TPSA) is 42.9 Å². The number of fused-ring (bicyclic) bond motifs is 1. The van der Waals surface area contributed by atoms with Crippen molar-refractivity contribution >= 4 is 16.7 Å². The van der Waals surface area contributed by atoms with Gasteiger partial charge >= 0.3 is 0 Å². The smallest absolute Gasteiger partial charge is 0.138 e. The molecule has 0 saturated heterocycles. The third-order valence-corrected chi connectivity index (χ3v) is 2.38. The van der Waals surface area contributed by atoms with E-state index in [1.165, 1.54) is 6.33 Å². The molecule has 0 aliphatic heterocycles. The molecule has 2 aromatic rings. The van der Waals surface area contributed by atoms with Gasteiger partial charge in [-0.2, -0.15) is 0 Å². The zero-order chi connectivity index (χ0) is 10.7. The number of benzene rings is 1. The van der Waals surface area contributed by atoms with Crippen LogP contribution in [0.5, 0.6) is 0 Å². The van der Waals surface area contributed by atoms with E-state index in [1.54, 1.807) is 0 Å². The third-order valence-electron chi connectivity index (χ3n) is 2.38. The van der Waals surface area contributed by atoms with Gasteiger partial charge in [0.2, 0.25) is 0 Å². The molecule has 1 heterocycles. The fraction of sp³-hybridized carbons (Fsp3) is 0.250. The van der Waals surface area contributed by atoms with Gasteiger partial charge in [0.15, 0.2) is 0 Å². The average Bonchev–Trinajstić information content (AvgIpc) is 2.29. The minimum atomic E-state index is 0.207. The monoisotopic (exact) mass is 200 g/mol. The molecule has 1 aromatic heterocycles. The summed E-state index contributed by atoms with van der Waals surface area (Å²) in [5, 5.41) is 0.974. The van der Waals surface area contributed by atoms with E-state index < -0.39 is 0 Å². The molecule has 0 aliphatic carbocycles. The molecule has 3 nitrogen and oxygen atoms in total. The van der Waals surface area contributed by atoms with E-state index in [0.717, 1.165) is 16.6 Å². The number of carbonyl (C=O) groups excluding carboxylic acids is 1. The Balaban J connectivity index is 2.46. The summed E-state index contributed by atoms with van der Waals surface area (Å²) in [6.07, 6.45) is 2.47. The number of rotatable bonds is 3. The predicted molar refractivity (Wildman–Crippen MR) is 58.5 cm³/mol. The van der Waals surface area contributed by atoms with E-state index in [-0.39, 0.29) is 5.78 Å². The lowest BCUT2D eigenvalue weighted by Gasteiger charge is -2.02. The Hall–Kier alpha value is -1.77. The molecular formula is C12H12N2O. The normalized spacial score (nSPS) is 10.5. The van der Waals surface area contributed by atoms with Gasteiger partial charge in [-0.15, -0.1) is 0 Å². The molecule has 3 heteroatoms. The molecule has 0 atom stereocenters. The third kappa shape index (κ3) is 2.01. The Morgan fingerprint density at radius 2 is 2.07 bits per heavy atom. The number of carbonyl (C=O) groups is 1. The van der Waals surface area contributed by atoms with Crippen LogP contribution in [0.25, 0.3) is 10.9 Å². The lowest BCUT2D eigenvalue weighted by atomic mass is 10.1. The van der Waals surface area contributed by atoms with Crippen molar-refractivity contribution in [2.24, 2.45) is 0 Å². The maximum Gasteiger partial charge on any atom is 0.138 e. The minimum absolute atomic E-state index is 0.207. The maximum absolute atomic E-state index is 11.4. The van der Waals surface area contributed by atoms with Crippen LogP contribution in [0.15, 0.2) is 30.6 Å². The van der Waals surface area contributed by atoms with Gasteiger partial charge in [0.25, 0.3) is 0 Å². The van der Waals surface area contributed by atoms with Gasteiger partial charge in [0, 0.05) is 18.2 Å². The zero-order valence-electron chi connectivity index (χ0n) is 8.60. The molecule has 15 heavy (non-hydrogen) atoms. The van der Waals surface area contributed by atoms with Crippen molar-refractivity contribution in [2.45, 2.75) is 19.8 Å². The molecule has 0 spiro atoms. The van der Waals surface area contributed by atoms with Crippen LogP contribution in [0.1, 0.15) is 19.0 Å². The van der Waals surface area contributed by atoms with Crippen molar-refractivity contribution in [3.05, 3.63) is 36.3 Å². The summed E-state index contributed by atoms with van der Waals surface area (Å²) in [5.74, 6) is 0.207. The number of nitrogens with zero attached hydrogens (tertiary/aromatic N) is 2. The molecule has 76 valence electrons. The highest BCUT2D eigenvalue weighted by molar-refractivity contribution is 5.87. The molecule has 2 rings (SSSR count). The average molecular weight is 200 g/mol. The van der Waals surface area contributed by atoms with Crippen LogP contribution in [0.3, 0.4) is 0 Å². The van der Waals surface area contributed by atoms with Gasteiger partial charge in [0.1, 0.15) is 12.1 Å². The van der Waals surface area contributed by atoms with Gasteiger partial charge in [-0.05, 0) is 6.07 Å². The molecule has 0 bridgehead atoms. The molecule has 1 aromatic carbocycles. The first kappa shape index (κ1) is 9.77. The highest BCUT2D eigenvalue weighted by Gasteiger charge is 2.06. The number of hydrogen-bond donors (Lipinski definition) is 0. The molecule has 0 aliphatic rings. The second-order valence-corrected chi connectivity index (χ2v) is 3.41. The Morgan fingerprint density at radius 3 is 2.87 bits per heavy atom. The number of hydrogen-bond acceptors (Lipinski definition) is 3. The van der Waals surface area contributed by atoms with E-state index in [9.17, 15) is 4.79 Å². The first-order valence-electron chi connectivity index (χ1n) is 5.01. The molecule has 0 fully saturated rings. The number of ketones is 1. The van der Waals surface area contributed by atoms with Crippen LogP contribution in [-0.2, 0) is 11.2 Å². The van der Waals surface area contributed by atoms with Crippen LogP contribution >= 0.6 is 0 Å². The molecule has 0 radical (unpaired) electrons. The fourth-order valence-corrected chi connectivity index (χ4v) is 1.51. The summed E-state index contributed by atoms with van der Waals surface area (Å²) in [4.78, 5) is 19.7. The van der Waals surface area contributed by atoms with Crippen LogP contribution in [0.2, 0.25) is 0 Å². The molecule has 0 saturated carbocycles. The Labute approximate surface area is 88.2 Å². The summed E-state index contributed by atoms with van der Waals surface area (Å²) in [6.45, 7) is 1.87. The first-order valence-corrected chi connectivity index (χ1v) is 5.01. The van der Waals surface area contributed by atoms with Gasteiger partial charge in [-0.3, -0.25) is 4.79 Å². The number of Topliss-reactive ketones (excluding diaryl/α,β-unsaturated/α-hetero) is 1. The van der Waals surface area contributed by atoms with Crippen molar-refractivity contribution in [3.63, 3.8) is 0 Å². The van der Waals surface area contributed by atoms with Crippen LogP contribution < -0.4 is 0 Å². The highest BCUT2D eigenvalue weighted by Crippen LogP contribution is 2.14. The lowest BCUT2D eigenvalue weighted by molar-refractivity contribution is -0.118. The van der Waals surface area contributed by atoms with E-state index in [2.05, 4.69) is 9.97 Å². The second kappa shape index (κ2) is 4.17. The second-order valence-electron chi connectivity index (χ2n) is 3.41. The van der Waals surface area contributed by atoms with E-state index in [4.69, 9.17) is 0 Å². The quantitative estimate of drug-likeness (QED) is 0.762. The minimum Gasteiger partial charge on any atom is -0.299 e. The highest BCUT2D eigenvalue weighted by atomic mass is 16.1. The van der Waals surface area contributed by atoms with Crippen LogP contribution in [0, 0.1) is 0 Å². The van der Waals surface area contributed by atoms with Gasteiger partial charge < -0.3 is 0 Å². The Kier molecular flexibility index (Phi) is 2.72. The molecule has 0 amide bonds. The SMILES string of the molecule is CCC(=O)Cc1ncnc2ccccc12. The zero-order valence-corrected chi connectivity index (χ0v) is 8.60. The van der Waals surface area contributed by atoms with Gasteiger partial charge in [0.05, 0.1) is 11.2 Å². The van der Waals surface area contributed by atoms with Gasteiger partial charge in [-0.1, -0.05) is 25.1 Å². The summed E-state index contributed by atoms with van der Waals surface area (Å²) in [5.41, 5.74) is 1.72. The summed E-state index contributed by atoms with van der Waals surface area (Å²) >= 11 is 0. The van der Waals surface area contributed by atoms with Crippen molar-refractivity contribution in [1.82, 2.24) is 9.97 Å². The maximum atomic E-state index is 11.4. The predicted octanol–water partition coefficient (Wildman–Crippen LogP) is 2.15. The van der Waals surface area contributed by atoms with E-state index in [1.807, 2.05) is 31.2 Å². The molecule has 0 unspecified atom stereocenters. The standard InChI is InChI=1S/C12H12N2O/c1-2-9(15)7-12-10-5-3-4-6-11(10)13-8-14-12/h3-6,8H,2,7H2,1H3. The van der Waals surface area contributed by atoms with Crippen molar-refractivity contribution < 1.29 is 4.79 Å². The Bertz CT molecular complexity index is 488. The van der Waals surface area contributed by atoms with Crippen molar-refractivity contribution in [1.29, 1.82) is 0 Å². The van der Waals surface area contributed by atoms with E-state index >= 15 is 0 Å². The van der Waals surface area contributed by atoms with E-state index in [0.29, 0.717) is 12.8 Å². The number of aromatic nitrogens is 2. The Morgan fingerprint density at radius 1 is 1.27 bits per heavy atom. The summed E-state index contributed by atoms with van der Waals surface area (Å²) < 4.78 is 0. The molecular weight excluding hydrogens is 188 g/mol. The lowest BCUT2D eigenvalue weighted by Crippen LogP contribution is -2.03. The van der Waals surface area contributed by atoms with Crippen LogP contribution in [-0.4, -0.2) is 15.8 Å². The first-order chi connectivity index (χ1) is 7.31. The summed E-state index contributed by atoms with van der Waals surface area (Å²) in [7, 11) is 0. The van der Waals surface area contributed by atoms with Crippen molar-refractivity contribution in [2.75, 3.05) is 0 Å². The van der Waals surface area contributed by atoms with Gasteiger partial charge in [-0.25, -0.2) is 9.97 Å². The molecule has 0 N–H and O–H groups in total.